The highest BCUT2D eigenvalue weighted by Crippen LogP contribution is 2.30. The lowest BCUT2D eigenvalue weighted by atomic mass is 10.0. The molecule has 3 nitrogen and oxygen atoms in total. The highest BCUT2D eigenvalue weighted by molar-refractivity contribution is 5.93. The largest absolute Gasteiger partial charge is 0.382 e. The highest BCUT2D eigenvalue weighted by Gasteiger charge is 2.08. The van der Waals surface area contributed by atoms with Crippen LogP contribution in [0.25, 0.3) is 27.8 Å². The van der Waals surface area contributed by atoms with Crippen LogP contribution in [0.4, 0.5) is 0 Å². The smallest absolute Gasteiger partial charge is 0.162 e. The Morgan fingerprint density at radius 3 is 2.48 bits per heavy atom. The van der Waals surface area contributed by atoms with E-state index in [2.05, 4.69) is 46.9 Å². The zero-order chi connectivity index (χ0) is 15.5. The molecule has 0 amide bonds. The van der Waals surface area contributed by atoms with E-state index >= 15 is 0 Å². The van der Waals surface area contributed by atoms with Crippen molar-refractivity contribution in [3.05, 3.63) is 84.7 Å². The molecule has 1 aliphatic rings. The highest BCUT2D eigenvalue weighted by atomic mass is 16.6. The maximum absolute atomic E-state index is 5.29. The molecule has 0 saturated heterocycles. The molecule has 0 unspecified atom stereocenters. The van der Waals surface area contributed by atoms with Gasteiger partial charge in [-0.1, -0.05) is 48.5 Å². The van der Waals surface area contributed by atoms with Crippen LogP contribution in [0.1, 0.15) is 5.56 Å². The number of para-hydroxylation sites is 1. The third-order valence-electron chi connectivity index (χ3n) is 3.88. The van der Waals surface area contributed by atoms with E-state index in [0.717, 1.165) is 11.3 Å². The summed E-state index contributed by atoms with van der Waals surface area (Å²) in [6, 6.07) is 22.6. The zero-order valence-electron chi connectivity index (χ0n) is 12.5. The molecule has 1 aromatic heterocycles. The van der Waals surface area contributed by atoms with Gasteiger partial charge < -0.3 is 9.82 Å². The van der Waals surface area contributed by atoms with Gasteiger partial charge in [-0.25, -0.2) is 5.48 Å². The maximum atomic E-state index is 5.29. The van der Waals surface area contributed by atoms with Crippen molar-refractivity contribution < 1.29 is 4.84 Å². The Morgan fingerprint density at radius 2 is 1.57 bits per heavy atom. The second-order valence-corrected chi connectivity index (χ2v) is 5.32. The lowest BCUT2D eigenvalue weighted by molar-refractivity contribution is 0.239. The third kappa shape index (κ3) is 2.64. The second-order valence-electron chi connectivity index (χ2n) is 5.32. The van der Waals surface area contributed by atoms with Crippen molar-refractivity contribution >= 4 is 27.8 Å². The van der Waals surface area contributed by atoms with E-state index in [0.29, 0.717) is 0 Å². The summed E-state index contributed by atoms with van der Waals surface area (Å²) in [5, 5.41) is 3.74. The number of rotatable bonds is 0. The standard InChI is InChI=1S/C12H9NO.C8H7N/c1-2-4-10-9(3-1)5-6-12-11(10)7-8-13-14-12;1-2-4-8-7(3-1)5-6-9-8/h1-8,13H;1-6,9H. The molecule has 112 valence electrons. The summed E-state index contributed by atoms with van der Waals surface area (Å²) >= 11 is 0. The molecule has 23 heavy (non-hydrogen) atoms. The van der Waals surface area contributed by atoms with Crippen molar-refractivity contribution in [1.82, 2.24) is 10.5 Å². The Labute approximate surface area is 134 Å². The summed E-state index contributed by atoms with van der Waals surface area (Å²) in [6.07, 6.45) is 5.78. The van der Waals surface area contributed by atoms with Gasteiger partial charge in [0.2, 0.25) is 0 Å². The van der Waals surface area contributed by atoms with Crippen LogP contribution in [0.3, 0.4) is 0 Å². The molecular formula is C20H16N2O. The van der Waals surface area contributed by atoms with Crippen LogP contribution in [0.2, 0.25) is 0 Å². The number of hydrogen-bond donors (Lipinski definition) is 2. The summed E-state index contributed by atoms with van der Waals surface area (Å²) in [5.41, 5.74) is 5.07. The molecule has 2 N–H and O–H groups in total. The van der Waals surface area contributed by atoms with Gasteiger partial charge in [0, 0.05) is 23.5 Å². The fourth-order valence-electron chi connectivity index (χ4n) is 2.75. The van der Waals surface area contributed by atoms with E-state index in [-0.39, 0.29) is 0 Å². The minimum Gasteiger partial charge on any atom is -0.382 e. The van der Waals surface area contributed by atoms with Crippen LogP contribution in [-0.4, -0.2) is 4.98 Å². The Kier molecular flexibility index (Phi) is 3.45. The molecule has 4 aromatic rings. The lowest BCUT2D eigenvalue weighted by Gasteiger charge is -2.14. The second kappa shape index (κ2) is 5.89. The average molecular weight is 300 g/mol. The summed E-state index contributed by atoms with van der Waals surface area (Å²) < 4.78 is 0. The fraction of sp³-hybridized carbons (Fsp3) is 0. The quantitative estimate of drug-likeness (QED) is 0.486. The number of fused-ring (bicyclic) bond motifs is 4. The first-order valence-electron chi connectivity index (χ1n) is 7.54. The van der Waals surface area contributed by atoms with Gasteiger partial charge in [-0.15, -0.1) is 0 Å². The molecule has 0 aliphatic carbocycles. The number of nitrogens with one attached hydrogen (secondary N) is 2. The van der Waals surface area contributed by atoms with E-state index in [1.54, 1.807) is 6.20 Å². The molecule has 5 rings (SSSR count). The fourth-order valence-corrected chi connectivity index (χ4v) is 2.75. The van der Waals surface area contributed by atoms with E-state index in [9.17, 15) is 0 Å². The van der Waals surface area contributed by atoms with Gasteiger partial charge in [0.15, 0.2) is 5.75 Å². The van der Waals surface area contributed by atoms with Gasteiger partial charge in [-0.2, -0.15) is 0 Å². The number of H-pyrrole nitrogens is 1. The van der Waals surface area contributed by atoms with Crippen molar-refractivity contribution in [3.63, 3.8) is 0 Å². The van der Waals surface area contributed by atoms with Crippen LogP contribution >= 0.6 is 0 Å². The van der Waals surface area contributed by atoms with Gasteiger partial charge in [0.25, 0.3) is 0 Å². The predicted molar refractivity (Wildman–Crippen MR) is 95.0 cm³/mol. The van der Waals surface area contributed by atoms with Gasteiger partial charge in [0.1, 0.15) is 0 Å². The molecule has 3 aromatic carbocycles. The van der Waals surface area contributed by atoms with Crippen molar-refractivity contribution in [3.8, 4) is 5.75 Å². The molecule has 2 heterocycles. The van der Waals surface area contributed by atoms with Crippen LogP contribution in [0.5, 0.6) is 5.75 Å². The van der Waals surface area contributed by atoms with Crippen LogP contribution in [0.15, 0.2) is 79.1 Å². The Balaban J connectivity index is 0.000000130. The SMILES string of the molecule is C1=Cc2c(ccc3ccccc23)ON1.c1ccc2[nH]ccc2c1. The molecule has 0 spiro atoms. The molecule has 1 aliphatic heterocycles. The van der Waals surface area contributed by atoms with Crippen LogP contribution in [0, 0.1) is 0 Å². The molecule has 0 atom stereocenters. The monoisotopic (exact) mass is 300 g/mol. The number of aromatic amines is 1. The average Bonchev–Trinajstić information content (AvgIpc) is 3.11. The molecule has 3 heteroatoms. The Hall–Kier alpha value is -3.20. The molecular weight excluding hydrogens is 284 g/mol. The van der Waals surface area contributed by atoms with E-state index in [1.807, 2.05) is 42.6 Å². The molecule has 0 fully saturated rings. The number of benzene rings is 3. The number of hydrogen-bond acceptors (Lipinski definition) is 2. The first-order valence-corrected chi connectivity index (χ1v) is 7.54. The minimum atomic E-state index is 0.881. The third-order valence-corrected chi connectivity index (χ3v) is 3.88. The Bertz CT molecular complexity index is 955. The topological polar surface area (TPSA) is 37.0 Å². The summed E-state index contributed by atoms with van der Waals surface area (Å²) in [7, 11) is 0. The minimum absolute atomic E-state index is 0.881. The van der Waals surface area contributed by atoms with Gasteiger partial charge in [-0.05, 0) is 40.4 Å². The van der Waals surface area contributed by atoms with Crippen LogP contribution in [-0.2, 0) is 0 Å². The van der Waals surface area contributed by atoms with E-state index < -0.39 is 0 Å². The first-order chi connectivity index (χ1) is 11.4. The molecule has 0 saturated carbocycles. The lowest BCUT2D eigenvalue weighted by Crippen LogP contribution is -2.14. The molecule has 0 radical (unpaired) electrons. The molecule has 0 bridgehead atoms. The number of hydroxylamine groups is 1. The normalized spacial score (nSPS) is 12.0. The van der Waals surface area contributed by atoms with Crippen molar-refractivity contribution in [2.24, 2.45) is 0 Å². The summed E-state index contributed by atoms with van der Waals surface area (Å²) in [4.78, 5) is 8.41. The zero-order valence-corrected chi connectivity index (χ0v) is 12.5. The van der Waals surface area contributed by atoms with Gasteiger partial charge >= 0.3 is 0 Å². The van der Waals surface area contributed by atoms with Crippen molar-refractivity contribution in [1.29, 1.82) is 0 Å². The van der Waals surface area contributed by atoms with Crippen molar-refractivity contribution in [2.75, 3.05) is 0 Å². The van der Waals surface area contributed by atoms with E-state index in [4.69, 9.17) is 4.84 Å². The summed E-state index contributed by atoms with van der Waals surface area (Å²) in [5.74, 6) is 0.881. The van der Waals surface area contributed by atoms with Crippen LogP contribution < -0.4 is 10.3 Å². The van der Waals surface area contributed by atoms with Crippen molar-refractivity contribution in [2.45, 2.75) is 0 Å². The van der Waals surface area contributed by atoms with E-state index in [1.165, 1.54) is 21.7 Å². The summed E-state index contributed by atoms with van der Waals surface area (Å²) in [6.45, 7) is 0. The first kappa shape index (κ1) is 13.5. The predicted octanol–water partition coefficient (Wildman–Crippen LogP) is 4.88. The van der Waals surface area contributed by atoms with Gasteiger partial charge in [0.05, 0.1) is 0 Å². The maximum Gasteiger partial charge on any atom is 0.162 e. The van der Waals surface area contributed by atoms with Gasteiger partial charge in [-0.3, -0.25) is 0 Å². The number of aromatic nitrogens is 1. The Morgan fingerprint density at radius 1 is 0.739 bits per heavy atom.